The SMILES string of the molecule is CSCCCNCC(O)COC(C)CC(C)C. The van der Waals surface area contributed by atoms with E-state index in [-0.39, 0.29) is 12.2 Å². The summed E-state index contributed by atoms with van der Waals surface area (Å²) in [6.45, 7) is 8.47. The topological polar surface area (TPSA) is 41.5 Å². The molecule has 0 rings (SSSR count). The van der Waals surface area contributed by atoms with Gasteiger partial charge in [-0.15, -0.1) is 0 Å². The minimum absolute atomic E-state index is 0.237. The Morgan fingerprint density at radius 2 is 2.00 bits per heavy atom. The maximum absolute atomic E-state index is 9.70. The Kier molecular flexibility index (Phi) is 11.5. The quantitative estimate of drug-likeness (QED) is 0.560. The second-order valence-corrected chi connectivity index (χ2v) is 5.96. The van der Waals surface area contributed by atoms with E-state index in [1.165, 1.54) is 5.75 Å². The lowest BCUT2D eigenvalue weighted by Gasteiger charge is -2.18. The van der Waals surface area contributed by atoms with Crippen molar-refractivity contribution >= 4 is 11.8 Å². The van der Waals surface area contributed by atoms with Crippen LogP contribution in [-0.2, 0) is 4.74 Å². The Morgan fingerprint density at radius 3 is 2.59 bits per heavy atom. The fraction of sp³-hybridized carbons (Fsp3) is 1.00. The van der Waals surface area contributed by atoms with Gasteiger partial charge in [0.25, 0.3) is 0 Å². The zero-order valence-electron chi connectivity index (χ0n) is 11.7. The molecule has 3 nitrogen and oxygen atoms in total. The molecular formula is C13H29NO2S. The smallest absolute Gasteiger partial charge is 0.0897 e. The van der Waals surface area contributed by atoms with Gasteiger partial charge in [-0.1, -0.05) is 13.8 Å². The molecule has 0 aromatic carbocycles. The molecule has 2 unspecified atom stereocenters. The van der Waals surface area contributed by atoms with Gasteiger partial charge in [-0.2, -0.15) is 11.8 Å². The third-order valence-corrected chi connectivity index (χ3v) is 3.16. The minimum atomic E-state index is -0.390. The van der Waals surface area contributed by atoms with E-state index in [0.717, 1.165) is 19.4 Å². The van der Waals surface area contributed by atoms with Gasteiger partial charge in [0.1, 0.15) is 0 Å². The summed E-state index contributed by atoms with van der Waals surface area (Å²) in [6, 6.07) is 0. The molecule has 0 saturated carbocycles. The molecule has 0 amide bonds. The Hall–Kier alpha value is 0.230. The zero-order valence-corrected chi connectivity index (χ0v) is 12.6. The summed E-state index contributed by atoms with van der Waals surface area (Å²) in [4.78, 5) is 0. The van der Waals surface area contributed by atoms with Crippen molar-refractivity contribution in [2.75, 3.05) is 31.7 Å². The summed E-state index contributed by atoms with van der Waals surface area (Å²) < 4.78 is 5.60. The average molecular weight is 263 g/mol. The van der Waals surface area contributed by atoms with Crippen molar-refractivity contribution in [3.05, 3.63) is 0 Å². The van der Waals surface area contributed by atoms with E-state index in [2.05, 4.69) is 32.3 Å². The molecule has 0 saturated heterocycles. The highest BCUT2D eigenvalue weighted by atomic mass is 32.2. The molecule has 4 heteroatoms. The van der Waals surface area contributed by atoms with E-state index < -0.39 is 0 Å². The molecule has 0 heterocycles. The van der Waals surface area contributed by atoms with Crippen LogP contribution >= 0.6 is 11.8 Å². The number of ether oxygens (including phenoxy) is 1. The third kappa shape index (κ3) is 12.5. The summed E-state index contributed by atoms with van der Waals surface area (Å²) in [5.74, 6) is 1.82. The van der Waals surface area contributed by atoms with E-state index in [0.29, 0.717) is 19.1 Å². The molecule has 0 radical (unpaired) electrons. The van der Waals surface area contributed by atoms with Crippen LogP contribution in [0.3, 0.4) is 0 Å². The van der Waals surface area contributed by atoms with Crippen LogP contribution in [0.25, 0.3) is 0 Å². The van der Waals surface area contributed by atoms with Gasteiger partial charge in [-0.3, -0.25) is 0 Å². The molecule has 0 aliphatic carbocycles. The minimum Gasteiger partial charge on any atom is -0.389 e. The highest BCUT2D eigenvalue weighted by Crippen LogP contribution is 2.07. The van der Waals surface area contributed by atoms with Crippen LogP contribution in [0.15, 0.2) is 0 Å². The first-order valence-electron chi connectivity index (χ1n) is 6.55. The molecule has 2 N–H and O–H groups in total. The molecule has 17 heavy (non-hydrogen) atoms. The normalized spacial score (nSPS) is 15.2. The number of nitrogens with one attached hydrogen (secondary N) is 1. The Bertz CT molecular complexity index is 167. The first-order chi connectivity index (χ1) is 8.06. The fourth-order valence-electron chi connectivity index (χ4n) is 1.68. The largest absolute Gasteiger partial charge is 0.389 e. The van der Waals surface area contributed by atoms with Gasteiger partial charge in [-0.25, -0.2) is 0 Å². The van der Waals surface area contributed by atoms with E-state index in [4.69, 9.17) is 4.74 Å². The number of aliphatic hydroxyl groups is 1. The van der Waals surface area contributed by atoms with Gasteiger partial charge in [0.2, 0.25) is 0 Å². The van der Waals surface area contributed by atoms with Crippen LogP contribution in [0.2, 0.25) is 0 Å². The molecule has 0 bridgehead atoms. The van der Waals surface area contributed by atoms with Crippen molar-refractivity contribution in [1.82, 2.24) is 5.32 Å². The van der Waals surface area contributed by atoms with E-state index in [9.17, 15) is 5.11 Å². The van der Waals surface area contributed by atoms with E-state index in [1.807, 2.05) is 11.8 Å². The fourth-order valence-corrected chi connectivity index (χ4v) is 2.11. The Labute approximate surface area is 111 Å². The maximum Gasteiger partial charge on any atom is 0.0897 e. The van der Waals surface area contributed by atoms with Crippen LogP contribution < -0.4 is 5.32 Å². The predicted molar refractivity (Wildman–Crippen MR) is 76.7 cm³/mol. The number of aliphatic hydroxyl groups excluding tert-OH is 1. The van der Waals surface area contributed by atoms with Crippen molar-refractivity contribution in [3.8, 4) is 0 Å². The van der Waals surface area contributed by atoms with E-state index >= 15 is 0 Å². The summed E-state index contributed by atoms with van der Waals surface area (Å²) in [5.41, 5.74) is 0. The van der Waals surface area contributed by atoms with Crippen molar-refractivity contribution in [2.45, 2.75) is 45.8 Å². The zero-order chi connectivity index (χ0) is 13.1. The second kappa shape index (κ2) is 11.3. The molecule has 0 spiro atoms. The summed E-state index contributed by atoms with van der Waals surface area (Å²) in [7, 11) is 0. The lowest BCUT2D eigenvalue weighted by atomic mass is 10.1. The van der Waals surface area contributed by atoms with Gasteiger partial charge in [0.05, 0.1) is 18.8 Å². The van der Waals surface area contributed by atoms with Gasteiger partial charge in [-0.05, 0) is 44.2 Å². The van der Waals surface area contributed by atoms with Crippen LogP contribution in [0.1, 0.15) is 33.6 Å². The van der Waals surface area contributed by atoms with Crippen LogP contribution in [-0.4, -0.2) is 49.0 Å². The average Bonchev–Trinajstić information content (AvgIpc) is 2.25. The highest BCUT2D eigenvalue weighted by molar-refractivity contribution is 7.98. The van der Waals surface area contributed by atoms with E-state index in [1.54, 1.807) is 0 Å². The summed E-state index contributed by atoms with van der Waals surface area (Å²) in [5, 5.41) is 12.9. The second-order valence-electron chi connectivity index (χ2n) is 4.98. The molecule has 0 fully saturated rings. The Balaban J connectivity index is 3.36. The molecule has 2 atom stereocenters. The standard InChI is InChI=1S/C13H29NO2S/c1-11(2)8-12(3)16-10-13(15)9-14-6-5-7-17-4/h11-15H,5-10H2,1-4H3. The lowest BCUT2D eigenvalue weighted by molar-refractivity contribution is -0.00840. The van der Waals surface area contributed by atoms with Gasteiger partial charge >= 0.3 is 0 Å². The van der Waals surface area contributed by atoms with Crippen molar-refractivity contribution in [1.29, 1.82) is 0 Å². The molecule has 104 valence electrons. The van der Waals surface area contributed by atoms with Crippen molar-refractivity contribution < 1.29 is 9.84 Å². The number of rotatable bonds is 11. The predicted octanol–water partition coefficient (Wildman–Crippen LogP) is 2.14. The highest BCUT2D eigenvalue weighted by Gasteiger charge is 2.09. The first-order valence-corrected chi connectivity index (χ1v) is 7.95. The monoisotopic (exact) mass is 263 g/mol. The lowest BCUT2D eigenvalue weighted by Crippen LogP contribution is -2.32. The van der Waals surface area contributed by atoms with Gasteiger partial charge < -0.3 is 15.2 Å². The molecule has 0 aliphatic rings. The van der Waals surface area contributed by atoms with Gasteiger partial charge in [0, 0.05) is 6.54 Å². The van der Waals surface area contributed by atoms with Gasteiger partial charge in [0.15, 0.2) is 0 Å². The molecular weight excluding hydrogens is 234 g/mol. The number of hydrogen-bond donors (Lipinski definition) is 2. The van der Waals surface area contributed by atoms with Crippen LogP contribution in [0, 0.1) is 5.92 Å². The third-order valence-electron chi connectivity index (χ3n) is 2.46. The first kappa shape index (κ1) is 17.2. The van der Waals surface area contributed by atoms with Crippen molar-refractivity contribution in [3.63, 3.8) is 0 Å². The summed E-state index contributed by atoms with van der Waals surface area (Å²) in [6.07, 6.45) is 4.16. The van der Waals surface area contributed by atoms with Crippen LogP contribution in [0.5, 0.6) is 0 Å². The van der Waals surface area contributed by atoms with Crippen molar-refractivity contribution in [2.24, 2.45) is 5.92 Å². The summed E-state index contributed by atoms with van der Waals surface area (Å²) >= 11 is 1.85. The maximum atomic E-state index is 9.70. The Morgan fingerprint density at radius 1 is 1.29 bits per heavy atom. The van der Waals surface area contributed by atoms with Crippen LogP contribution in [0.4, 0.5) is 0 Å². The molecule has 0 aromatic rings. The molecule has 0 aliphatic heterocycles. The molecule has 0 aromatic heterocycles. The number of hydrogen-bond acceptors (Lipinski definition) is 4. The number of thioether (sulfide) groups is 1.